The zero-order chi connectivity index (χ0) is 15.0. The molecule has 4 nitrogen and oxygen atoms in total. The van der Waals surface area contributed by atoms with Gasteiger partial charge in [0.2, 0.25) is 0 Å². The summed E-state index contributed by atoms with van der Waals surface area (Å²) < 4.78 is 6.22. The molecule has 114 valence electrons. The summed E-state index contributed by atoms with van der Waals surface area (Å²) in [6, 6.07) is 5.95. The fraction of sp³-hybridized carbons (Fsp3) is 0.562. The molecule has 1 heterocycles. The van der Waals surface area contributed by atoms with Crippen molar-refractivity contribution in [3.8, 4) is 5.75 Å². The molecular weight excluding hydrogens is 334 g/mol. The van der Waals surface area contributed by atoms with Crippen molar-refractivity contribution in [3.63, 3.8) is 0 Å². The van der Waals surface area contributed by atoms with E-state index in [9.17, 15) is 9.90 Å². The lowest BCUT2D eigenvalue weighted by Crippen LogP contribution is -2.35. The molecule has 2 fully saturated rings. The predicted octanol–water partition coefficient (Wildman–Crippen LogP) is 3.14. The minimum Gasteiger partial charge on any atom is -0.497 e. The summed E-state index contributed by atoms with van der Waals surface area (Å²) >= 11 is 3.58. The van der Waals surface area contributed by atoms with Gasteiger partial charge in [-0.2, -0.15) is 0 Å². The van der Waals surface area contributed by atoms with Gasteiger partial charge in [-0.3, -0.25) is 9.69 Å². The van der Waals surface area contributed by atoms with Gasteiger partial charge in [0.15, 0.2) is 0 Å². The number of rotatable bonds is 4. The number of carbonyl (C=O) groups is 1. The van der Waals surface area contributed by atoms with E-state index in [4.69, 9.17) is 4.74 Å². The summed E-state index contributed by atoms with van der Waals surface area (Å²) in [5.41, 5.74) is 0.676. The number of benzene rings is 1. The second kappa shape index (κ2) is 5.61. The Morgan fingerprint density at radius 3 is 3.00 bits per heavy atom. The van der Waals surface area contributed by atoms with Crippen molar-refractivity contribution in [2.45, 2.75) is 25.8 Å². The van der Waals surface area contributed by atoms with Gasteiger partial charge in [-0.15, -0.1) is 0 Å². The Labute approximate surface area is 133 Å². The van der Waals surface area contributed by atoms with Crippen LogP contribution in [0.3, 0.4) is 0 Å². The summed E-state index contributed by atoms with van der Waals surface area (Å²) in [7, 11) is 1.65. The van der Waals surface area contributed by atoms with Crippen LogP contribution in [0.5, 0.6) is 5.75 Å². The monoisotopic (exact) mass is 353 g/mol. The fourth-order valence-electron chi connectivity index (χ4n) is 3.89. The highest BCUT2D eigenvalue weighted by molar-refractivity contribution is 9.10. The van der Waals surface area contributed by atoms with Crippen molar-refractivity contribution >= 4 is 21.9 Å². The number of nitrogens with zero attached hydrogens (tertiary/aromatic N) is 1. The zero-order valence-electron chi connectivity index (χ0n) is 12.1. The molecule has 1 aromatic carbocycles. The average molecular weight is 354 g/mol. The Morgan fingerprint density at radius 1 is 1.57 bits per heavy atom. The maximum absolute atomic E-state index is 11.7. The van der Waals surface area contributed by atoms with Crippen LogP contribution in [0.15, 0.2) is 22.7 Å². The van der Waals surface area contributed by atoms with E-state index in [2.05, 4.69) is 20.8 Å². The SMILES string of the molecule is COc1ccc(CN2C[C@@H]3CCC[C@@]3(C(=O)O)C2)c(Br)c1. The predicted molar refractivity (Wildman–Crippen MR) is 83.4 cm³/mol. The third-order valence-corrected chi connectivity index (χ3v) is 5.76. The van der Waals surface area contributed by atoms with Crippen LogP contribution in [0.25, 0.3) is 0 Å². The first-order chi connectivity index (χ1) is 10.0. The second-order valence-electron chi connectivity index (χ2n) is 6.18. The lowest BCUT2D eigenvalue weighted by Gasteiger charge is -2.23. The van der Waals surface area contributed by atoms with E-state index in [1.807, 2.05) is 18.2 Å². The molecule has 1 aliphatic heterocycles. The van der Waals surface area contributed by atoms with Crippen LogP contribution < -0.4 is 4.74 Å². The van der Waals surface area contributed by atoms with E-state index in [1.165, 1.54) is 5.56 Å². The Balaban J connectivity index is 1.74. The molecule has 0 spiro atoms. The van der Waals surface area contributed by atoms with Crippen LogP contribution in [0, 0.1) is 11.3 Å². The van der Waals surface area contributed by atoms with Crippen LogP contribution >= 0.6 is 15.9 Å². The molecule has 3 rings (SSSR count). The normalized spacial score (nSPS) is 28.6. The standard InChI is InChI=1S/C16H20BrNO3/c1-21-13-5-4-11(14(17)7-13)8-18-9-12-3-2-6-16(12,10-18)15(19)20/h4-5,7,12H,2-3,6,8-10H2,1H3,(H,19,20)/t12-,16+/m0/s1. The first-order valence-electron chi connectivity index (χ1n) is 7.33. The van der Waals surface area contributed by atoms with Crippen molar-refractivity contribution in [1.82, 2.24) is 4.90 Å². The highest BCUT2D eigenvalue weighted by atomic mass is 79.9. The van der Waals surface area contributed by atoms with Crippen molar-refractivity contribution in [3.05, 3.63) is 28.2 Å². The number of ether oxygens (including phenoxy) is 1. The number of likely N-dealkylation sites (tertiary alicyclic amines) is 1. The van der Waals surface area contributed by atoms with Gasteiger partial charge in [-0.1, -0.05) is 28.4 Å². The molecule has 1 aromatic rings. The zero-order valence-corrected chi connectivity index (χ0v) is 13.7. The van der Waals surface area contributed by atoms with Crippen molar-refractivity contribution in [2.75, 3.05) is 20.2 Å². The molecule has 1 N–H and O–H groups in total. The van der Waals surface area contributed by atoms with Crippen LogP contribution in [0.4, 0.5) is 0 Å². The minimum absolute atomic E-state index is 0.312. The summed E-state index contributed by atoms with van der Waals surface area (Å²) in [6.45, 7) is 2.35. The molecular formula is C16H20BrNO3. The average Bonchev–Trinajstić information content (AvgIpc) is 2.98. The molecule has 1 saturated heterocycles. The van der Waals surface area contributed by atoms with Gasteiger partial charge in [-0.25, -0.2) is 0 Å². The molecule has 0 aromatic heterocycles. The number of aliphatic carboxylic acids is 1. The van der Waals surface area contributed by atoms with E-state index in [0.717, 1.165) is 42.6 Å². The molecule has 0 radical (unpaired) electrons. The van der Waals surface area contributed by atoms with Gasteiger partial charge < -0.3 is 9.84 Å². The minimum atomic E-state index is -0.610. The van der Waals surface area contributed by atoms with Gasteiger partial charge in [0.25, 0.3) is 0 Å². The van der Waals surface area contributed by atoms with Gasteiger partial charge in [0, 0.05) is 24.1 Å². The van der Waals surface area contributed by atoms with Gasteiger partial charge >= 0.3 is 5.97 Å². The lowest BCUT2D eigenvalue weighted by atomic mass is 9.81. The van der Waals surface area contributed by atoms with Crippen molar-refractivity contribution < 1.29 is 14.6 Å². The van der Waals surface area contributed by atoms with E-state index in [-0.39, 0.29) is 0 Å². The highest BCUT2D eigenvalue weighted by Crippen LogP contribution is 2.49. The molecule has 1 aliphatic carbocycles. The molecule has 0 bridgehead atoms. The maximum atomic E-state index is 11.7. The summed E-state index contributed by atoms with van der Waals surface area (Å²) in [4.78, 5) is 14.0. The number of fused-ring (bicyclic) bond motifs is 1. The molecule has 0 unspecified atom stereocenters. The van der Waals surface area contributed by atoms with Crippen molar-refractivity contribution in [1.29, 1.82) is 0 Å². The van der Waals surface area contributed by atoms with Crippen molar-refractivity contribution in [2.24, 2.45) is 11.3 Å². The second-order valence-corrected chi connectivity index (χ2v) is 7.03. The number of methoxy groups -OCH3 is 1. The van der Waals surface area contributed by atoms with E-state index < -0.39 is 11.4 Å². The van der Waals surface area contributed by atoms with Crippen LogP contribution in [0.1, 0.15) is 24.8 Å². The molecule has 2 aliphatic rings. The molecule has 0 amide bonds. The Hall–Kier alpha value is -1.07. The fourth-order valence-corrected chi connectivity index (χ4v) is 4.37. The molecule has 2 atom stereocenters. The smallest absolute Gasteiger partial charge is 0.311 e. The molecule has 21 heavy (non-hydrogen) atoms. The van der Waals surface area contributed by atoms with Crippen LogP contribution in [-0.4, -0.2) is 36.2 Å². The summed E-state index contributed by atoms with van der Waals surface area (Å²) in [5.74, 6) is 0.527. The third-order valence-electron chi connectivity index (χ3n) is 5.02. The number of carboxylic acids is 1. The van der Waals surface area contributed by atoms with E-state index in [1.54, 1.807) is 7.11 Å². The highest BCUT2D eigenvalue weighted by Gasteiger charge is 2.54. The molecule has 5 heteroatoms. The first-order valence-corrected chi connectivity index (χ1v) is 8.12. The number of halogens is 1. The first kappa shape index (κ1) is 14.9. The Morgan fingerprint density at radius 2 is 2.38 bits per heavy atom. The number of hydrogen-bond acceptors (Lipinski definition) is 3. The number of carboxylic acid groups (broad SMARTS) is 1. The van der Waals surface area contributed by atoms with Crippen LogP contribution in [-0.2, 0) is 11.3 Å². The summed E-state index contributed by atoms with van der Waals surface area (Å²) in [5, 5.41) is 9.63. The van der Waals surface area contributed by atoms with Gasteiger partial charge in [0.05, 0.1) is 12.5 Å². The third kappa shape index (κ3) is 2.57. The Kier molecular flexibility index (Phi) is 3.97. The quantitative estimate of drug-likeness (QED) is 0.903. The van der Waals surface area contributed by atoms with Gasteiger partial charge in [0.1, 0.15) is 5.75 Å². The van der Waals surface area contributed by atoms with E-state index in [0.29, 0.717) is 12.5 Å². The number of hydrogen-bond donors (Lipinski definition) is 1. The van der Waals surface area contributed by atoms with E-state index >= 15 is 0 Å². The summed E-state index contributed by atoms with van der Waals surface area (Å²) in [6.07, 6.45) is 2.93. The van der Waals surface area contributed by atoms with Crippen LogP contribution in [0.2, 0.25) is 0 Å². The maximum Gasteiger partial charge on any atom is 0.311 e. The topological polar surface area (TPSA) is 49.8 Å². The van der Waals surface area contributed by atoms with Gasteiger partial charge in [-0.05, 0) is 36.5 Å². The lowest BCUT2D eigenvalue weighted by molar-refractivity contribution is -0.149. The largest absolute Gasteiger partial charge is 0.497 e. The molecule has 1 saturated carbocycles. The Bertz CT molecular complexity index is 562.